The zero-order valence-electron chi connectivity index (χ0n) is 17.4. The number of aryl methyl sites for hydroxylation is 2. The number of carbonyl (C=O) groups is 2. The molecule has 0 bridgehead atoms. The Morgan fingerprint density at radius 2 is 1.68 bits per heavy atom. The zero-order valence-corrected chi connectivity index (χ0v) is 17.4. The number of hydrogen-bond donors (Lipinski definition) is 0. The van der Waals surface area contributed by atoms with Gasteiger partial charge in [-0.3, -0.25) is 9.59 Å². The highest BCUT2D eigenvalue weighted by Crippen LogP contribution is 2.43. The standard InChI is InChI=1S/C23H32N2O3/c1-16-12-17(2)14-19(13-16)21(26)25-11-8-23(18(3)15-25)7-6-20(28-23)22(27)24-9-4-5-10-24/h12-14,18,20H,4-11,15H2,1-3H3/t18-,20+,23-/m1/s1. The van der Waals surface area contributed by atoms with Gasteiger partial charge in [0.2, 0.25) is 0 Å². The second-order valence-electron chi connectivity index (χ2n) is 9.02. The van der Waals surface area contributed by atoms with Crippen molar-refractivity contribution >= 4 is 11.8 Å². The van der Waals surface area contributed by atoms with Crippen LogP contribution in [0.2, 0.25) is 0 Å². The van der Waals surface area contributed by atoms with Gasteiger partial charge in [0.25, 0.3) is 11.8 Å². The third-order valence-corrected chi connectivity index (χ3v) is 6.85. The normalized spacial score (nSPS) is 30.2. The van der Waals surface area contributed by atoms with Gasteiger partial charge in [0.1, 0.15) is 6.10 Å². The van der Waals surface area contributed by atoms with Gasteiger partial charge >= 0.3 is 0 Å². The van der Waals surface area contributed by atoms with E-state index in [-0.39, 0.29) is 29.4 Å². The fourth-order valence-corrected chi connectivity index (χ4v) is 5.26. The third kappa shape index (κ3) is 3.57. The van der Waals surface area contributed by atoms with Crippen molar-refractivity contribution in [2.45, 2.75) is 64.6 Å². The van der Waals surface area contributed by atoms with Gasteiger partial charge < -0.3 is 14.5 Å². The molecule has 3 aliphatic heterocycles. The summed E-state index contributed by atoms with van der Waals surface area (Å²) in [6.45, 7) is 9.36. The van der Waals surface area contributed by atoms with Crippen LogP contribution in [0.4, 0.5) is 0 Å². The number of ether oxygens (including phenoxy) is 1. The highest BCUT2D eigenvalue weighted by Gasteiger charge is 2.50. The molecule has 3 heterocycles. The van der Waals surface area contributed by atoms with Gasteiger partial charge in [-0.2, -0.15) is 0 Å². The molecule has 3 aliphatic rings. The van der Waals surface area contributed by atoms with E-state index in [1.54, 1.807) is 0 Å². The van der Waals surface area contributed by atoms with Crippen molar-refractivity contribution in [3.05, 3.63) is 34.9 Å². The monoisotopic (exact) mass is 384 g/mol. The van der Waals surface area contributed by atoms with Crippen LogP contribution in [-0.4, -0.2) is 59.5 Å². The van der Waals surface area contributed by atoms with Crippen LogP contribution in [0.15, 0.2) is 18.2 Å². The molecule has 5 nitrogen and oxygen atoms in total. The van der Waals surface area contributed by atoms with Gasteiger partial charge in [0.15, 0.2) is 0 Å². The van der Waals surface area contributed by atoms with E-state index in [0.29, 0.717) is 13.1 Å². The largest absolute Gasteiger partial charge is 0.362 e. The molecule has 4 rings (SSSR count). The molecule has 0 aromatic heterocycles. The molecule has 0 aliphatic carbocycles. The molecule has 1 aromatic rings. The maximum Gasteiger partial charge on any atom is 0.253 e. The number of nitrogens with zero attached hydrogens (tertiary/aromatic N) is 2. The Morgan fingerprint density at radius 1 is 1.00 bits per heavy atom. The molecular formula is C23H32N2O3. The van der Waals surface area contributed by atoms with Crippen LogP contribution in [0.5, 0.6) is 0 Å². The van der Waals surface area contributed by atoms with E-state index in [2.05, 4.69) is 13.0 Å². The smallest absolute Gasteiger partial charge is 0.253 e. The maximum absolute atomic E-state index is 13.0. The second-order valence-corrected chi connectivity index (χ2v) is 9.02. The average molecular weight is 385 g/mol. The first-order valence-electron chi connectivity index (χ1n) is 10.7. The maximum atomic E-state index is 13.0. The van der Waals surface area contributed by atoms with Crippen molar-refractivity contribution in [2.75, 3.05) is 26.2 Å². The van der Waals surface area contributed by atoms with Crippen molar-refractivity contribution in [3.8, 4) is 0 Å². The van der Waals surface area contributed by atoms with Gasteiger partial charge in [-0.15, -0.1) is 0 Å². The minimum absolute atomic E-state index is 0.108. The SMILES string of the molecule is Cc1cc(C)cc(C(=O)N2CC[C@]3(CC[C@@H](C(=O)N4CCCC4)O3)[C@H](C)C2)c1. The Bertz CT molecular complexity index is 751. The van der Waals surface area contributed by atoms with Crippen molar-refractivity contribution < 1.29 is 14.3 Å². The number of rotatable bonds is 2. The number of benzene rings is 1. The first-order chi connectivity index (χ1) is 13.4. The Balaban J connectivity index is 1.41. The van der Waals surface area contributed by atoms with Gasteiger partial charge in [-0.25, -0.2) is 0 Å². The molecule has 1 aromatic carbocycles. The molecule has 0 N–H and O–H groups in total. The Labute approximate surface area is 168 Å². The van der Waals surface area contributed by atoms with Crippen LogP contribution in [0.1, 0.15) is 60.5 Å². The fourth-order valence-electron chi connectivity index (χ4n) is 5.26. The van der Waals surface area contributed by atoms with E-state index in [4.69, 9.17) is 4.74 Å². The van der Waals surface area contributed by atoms with Gasteiger partial charge in [-0.1, -0.05) is 24.1 Å². The predicted octanol–water partition coefficient (Wildman–Crippen LogP) is 3.33. The molecule has 3 fully saturated rings. The molecule has 3 saturated heterocycles. The van der Waals surface area contributed by atoms with E-state index in [9.17, 15) is 9.59 Å². The zero-order chi connectivity index (χ0) is 19.9. The van der Waals surface area contributed by atoms with E-state index in [1.807, 2.05) is 35.8 Å². The highest BCUT2D eigenvalue weighted by atomic mass is 16.5. The number of amides is 2. The van der Waals surface area contributed by atoms with Gasteiger partial charge in [0, 0.05) is 37.7 Å². The van der Waals surface area contributed by atoms with Crippen molar-refractivity contribution in [1.82, 2.24) is 9.80 Å². The first kappa shape index (κ1) is 19.4. The van der Waals surface area contributed by atoms with E-state index < -0.39 is 0 Å². The topological polar surface area (TPSA) is 49.9 Å². The minimum atomic E-state index is -0.290. The van der Waals surface area contributed by atoms with E-state index >= 15 is 0 Å². The van der Waals surface area contributed by atoms with Crippen LogP contribution >= 0.6 is 0 Å². The van der Waals surface area contributed by atoms with Crippen molar-refractivity contribution in [3.63, 3.8) is 0 Å². The summed E-state index contributed by atoms with van der Waals surface area (Å²) in [5.41, 5.74) is 2.76. The number of likely N-dealkylation sites (tertiary alicyclic amines) is 2. The lowest BCUT2D eigenvalue weighted by Gasteiger charge is -2.44. The molecule has 2 amide bonds. The Kier molecular flexibility index (Phi) is 5.21. The van der Waals surface area contributed by atoms with Crippen LogP contribution in [-0.2, 0) is 9.53 Å². The molecule has 0 unspecified atom stereocenters. The van der Waals surface area contributed by atoms with Gasteiger partial charge in [0.05, 0.1) is 5.60 Å². The van der Waals surface area contributed by atoms with Crippen LogP contribution in [0, 0.1) is 19.8 Å². The average Bonchev–Trinajstić information content (AvgIpc) is 3.33. The summed E-state index contributed by atoms with van der Waals surface area (Å²) in [5.74, 6) is 0.513. The van der Waals surface area contributed by atoms with Crippen LogP contribution < -0.4 is 0 Å². The number of hydrogen-bond acceptors (Lipinski definition) is 3. The van der Waals surface area contributed by atoms with E-state index in [0.717, 1.165) is 61.9 Å². The molecule has 0 saturated carbocycles. The minimum Gasteiger partial charge on any atom is -0.362 e. The summed E-state index contributed by atoms with van der Waals surface area (Å²) in [7, 11) is 0. The summed E-state index contributed by atoms with van der Waals surface area (Å²) < 4.78 is 6.42. The summed E-state index contributed by atoms with van der Waals surface area (Å²) >= 11 is 0. The van der Waals surface area contributed by atoms with Crippen LogP contribution in [0.3, 0.4) is 0 Å². The third-order valence-electron chi connectivity index (χ3n) is 6.85. The molecule has 152 valence electrons. The summed E-state index contributed by atoms with van der Waals surface area (Å²) in [6.07, 6.45) is 4.47. The highest BCUT2D eigenvalue weighted by molar-refractivity contribution is 5.94. The molecule has 0 radical (unpaired) electrons. The summed E-state index contributed by atoms with van der Waals surface area (Å²) in [4.78, 5) is 29.7. The first-order valence-corrected chi connectivity index (χ1v) is 10.7. The summed E-state index contributed by atoms with van der Waals surface area (Å²) in [6, 6.07) is 6.04. The predicted molar refractivity (Wildman–Crippen MR) is 108 cm³/mol. The number of piperidine rings is 1. The van der Waals surface area contributed by atoms with E-state index in [1.165, 1.54) is 0 Å². The van der Waals surface area contributed by atoms with Gasteiger partial charge in [-0.05, 0) is 58.1 Å². The fraction of sp³-hybridized carbons (Fsp3) is 0.652. The molecule has 3 atom stereocenters. The lowest BCUT2D eigenvalue weighted by Crippen LogP contribution is -2.53. The molecule has 5 heteroatoms. The molecule has 28 heavy (non-hydrogen) atoms. The lowest BCUT2D eigenvalue weighted by molar-refractivity contribution is -0.154. The lowest BCUT2D eigenvalue weighted by atomic mass is 9.80. The van der Waals surface area contributed by atoms with Crippen molar-refractivity contribution in [2.24, 2.45) is 5.92 Å². The molecular weight excluding hydrogens is 352 g/mol. The Hall–Kier alpha value is -1.88. The molecule has 1 spiro atoms. The Morgan fingerprint density at radius 3 is 2.32 bits per heavy atom. The quantitative estimate of drug-likeness (QED) is 0.786. The van der Waals surface area contributed by atoms with Crippen molar-refractivity contribution in [1.29, 1.82) is 0 Å². The number of carbonyl (C=O) groups excluding carboxylic acids is 2. The second kappa shape index (κ2) is 7.51. The van der Waals surface area contributed by atoms with Crippen LogP contribution in [0.25, 0.3) is 0 Å². The summed E-state index contributed by atoms with van der Waals surface area (Å²) in [5, 5.41) is 0.